The second-order valence-corrected chi connectivity index (χ2v) is 4.32. The number of aryl methyl sites for hydroxylation is 1. The number of aromatic nitrogens is 2. The van der Waals surface area contributed by atoms with Crippen molar-refractivity contribution in [2.45, 2.75) is 75.2 Å². The lowest BCUT2D eigenvalue weighted by Gasteiger charge is -2.19. The molecule has 2 aromatic rings. The molecule has 1 saturated heterocycles. The Bertz CT molecular complexity index is 517. The number of fused-ring (bicyclic) bond motifs is 1. The molecule has 0 amide bonds. The number of hydrogen-bond acceptors (Lipinski definition) is 3. The molecule has 0 N–H and O–H groups in total. The molecule has 24 heavy (non-hydrogen) atoms. The van der Waals surface area contributed by atoms with Crippen molar-refractivity contribution >= 4 is 16.6 Å². The number of pyridine rings is 2. The van der Waals surface area contributed by atoms with Crippen molar-refractivity contribution in [3.63, 3.8) is 0 Å². The van der Waals surface area contributed by atoms with Gasteiger partial charge in [0.15, 0.2) is 0 Å². The summed E-state index contributed by atoms with van der Waals surface area (Å²) in [5.41, 5.74) is 3.29. The van der Waals surface area contributed by atoms with Gasteiger partial charge in [-0.3, -0.25) is 9.97 Å². The van der Waals surface area contributed by atoms with Gasteiger partial charge in [0.25, 0.3) is 0 Å². The van der Waals surface area contributed by atoms with Gasteiger partial charge in [0.05, 0.1) is 23.1 Å². The zero-order valence-electron chi connectivity index (χ0n) is 17.5. The highest BCUT2D eigenvalue weighted by Crippen LogP contribution is 2.28. The van der Waals surface area contributed by atoms with Gasteiger partial charge in [-0.2, -0.15) is 0 Å². The Morgan fingerprint density at radius 1 is 0.833 bits per heavy atom. The summed E-state index contributed by atoms with van der Waals surface area (Å²) in [4.78, 5) is 11.3. The minimum absolute atomic E-state index is 1.01. The normalized spacial score (nSPS) is 11.6. The highest BCUT2D eigenvalue weighted by molar-refractivity contribution is 5.92. The molecule has 1 aliphatic heterocycles. The molecule has 1 aliphatic rings. The SMILES string of the molecule is CC.CC.CC.CC.Cc1ncc(N2CCCC2)c2cccnc12. The van der Waals surface area contributed by atoms with Crippen LogP contribution in [0.3, 0.4) is 0 Å². The van der Waals surface area contributed by atoms with Crippen LogP contribution in [-0.4, -0.2) is 23.1 Å². The monoisotopic (exact) mass is 333 g/mol. The molecule has 3 heteroatoms. The van der Waals surface area contributed by atoms with Gasteiger partial charge >= 0.3 is 0 Å². The van der Waals surface area contributed by atoms with E-state index in [4.69, 9.17) is 0 Å². The van der Waals surface area contributed by atoms with Crippen LogP contribution in [0.25, 0.3) is 10.9 Å². The molecule has 3 rings (SSSR count). The van der Waals surface area contributed by atoms with E-state index in [1.165, 1.54) is 23.9 Å². The fourth-order valence-corrected chi connectivity index (χ4v) is 2.40. The van der Waals surface area contributed by atoms with Crippen molar-refractivity contribution < 1.29 is 0 Å². The summed E-state index contributed by atoms with van der Waals surface area (Å²) < 4.78 is 0. The number of anilines is 1. The van der Waals surface area contributed by atoms with Crippen molar-refractivity contribution in [1.82, 2.24) is 9.97 Å². The Morgan fingerprint density at radius 3 is 1.92 bits per heavy atom. The molecule has 0 spiro atoms. The zero-order chi connectivity index (χ0) is 19.0. The molecule has 0 atom stereocenters. The van der Waals surface area contributed by atoms with E-state index in [9.17, 15) is 0 Å². The van der Waals surface area contributed by atoms with E-state index in [-0.39, 0.29) is 0 Å². The van der Waals surface area contributed by atoms with Crippen LogP contribution in [0.1, 0.15) is 73.9 Å². The van der Waals surface area contributed by atoms with E-state index in [0.717, 1.165) is 24.3 Å². The molecule has 0 saturated carbocycles. The fourth-order valence-electron chi connectivity index (χ4n) is 2.40. The first kappa shape index (κ1) is 24.6. The molecule has 0 radical (unpaired) electrons. The average Bonchev–Trinajstić information content (AvgIpc) is 3.23. The molecular formula is C21H39N3. The number of hydrogen-bond donors (Lipinski definition) is 0. The van der Waals surface area contributed by atoms with Crippen LogP contribution in [-0.2, 0) is 0 Å². The van der Waals surface area contributed by atoms with Crippen LogP contribution in [0.5, 0.6) is 0 Å². The summed E-state index contributed by atoms with van der Waals surface area (Å²) in [7, 11) is 0. The van der Waals surface area contributed by atoms with Gasteiger partial charge in [0, 0.05) is 24.7 Å². The van der Waals surface area contributed by atoms with Crippen LogP contribution in [0.15, 0.2) is 24.5 Å². The third-order valence-corrected chi connectivity index (χ3v) is 3.25. The molecular weight excluding hydrogens is 294 g/mol. The van der Waals surface area contributed by atoms with Gasteiger partial charge in [-0.25, -0.2) is 0 Å². The largest absolute Gasteiger partial charge is 0.370 e. The Kier molecular flexibility index (Phi) is 16.6. The van der Waals surface area contributed by atoms with E-state index in [1.807, 2.05) is 80.8 Å². The van der Waals surface area contributed by atoms with Gasteiger partial charge in [-0.15, -0.1) is 0 Å². The number of rotatable bonds is 1. The highest BCUT2D eigenvalue weighted by atomic mass is 15.1. The van der Waals surface area contributed by atoms with Crippen molar-refractivity contribution in [2.75, 3.05) is 18.0 Å². The zero-order valence-corrected chi connectivity index (χ0v) is 17.5. The van der Waals surface area contributed by atoms with E-state index in [1.54, 1.807) is 0 Å². The Morgan fingerprint density at radius 2 is 1.38 bits per heavy atom. The highest BCUT2D eigenvalue weighted by Gasteiger charge is 2.16. The minimum atomic E-state index is 1.01. The standard InChI is InChI=1S/C13H15N3.4C2H6/c1-10-13-11(5-4-6-14-13)12(9-15-10)16-7-2-3-8-16;4*1-2/h4-6,9H,2-3,7-8H2,1H3;4*1-2H3. The average molecular weight is 334 g/mol. The summed E-state index contributed by atoms with van der Waals surface area (Å²) >= 11 is 0. The fraction of sp³-hybridized carbons (Fsp3) is 0.619. The third-order valence-electron chi connectivity index (χ3n) is 3.25. The van der Waals surface area contributed by atoms with Crippen molar-refractivity contribution in [1.29, 1.82) is 0 Å². The van der Waals surface area contributed by atoms with Gasteiger partial charge in [-0.05, 0) is 31.9 Å². The van der Waals surface area contributed by atoms with Gasteiger partial charge in [0.1, 0.15) is 0 Å². The van der Waals surface area contributed by atoms with Crippen LogP contribution < -0.4 is 4.90 Å². The predicted octanol–water partition coefficient (Wildman–Crippen LogP) is 6.64. The molecule has 1 fully saturated rings. The Balaban J connectivity index is 0. The summed E-state index contributed by atoms with van der Waals surface area (Å²) in [6, 6.07) is 4.14. The third kappa shape index (κ3) is 6.86. The minimum Gasteiger partial charge on any atom is -0.370 e. The molecule has 0 aromatic carbocycles. The molecule has 3 nitrogen and oxygen atoms in total. The Hall–Kier alpha value is -1.64. The van der Waals surface area contributed by atoms with Crippen LogP contribution in [0.4, 0.5) is 5.69 Å². The first-order chi connectivity index (χ1) is 11.9. The smallest absolute Gasteiger partial charge is 0.0935 e. The molecule has 0 aliphatic carbocycles. The lowest BCUT2D eigenvalue weighted by molar-refractivity contribution is 0.949. The van der Waals surface area contributed by atoms with Crippen LogP contribution in [0.2, 0.25) is 0 Å². The topological polar surface area (TPSA) is 29.0 Å². The quantitative estimate of drug-likeness (QED) is 0.585. The van der Waals surface area contributed by atoms with Crippen molar-refractivity contribution in [3.8, 4) is 0 Å². The lowest BCUT2D eigenvalue weighted by atomic mass is 10.2. The van der Waals surface area contributed by atoms with Gasteiger partial charge in [0.2, 0.25) is 0 Å². The van der Waals surface area contributed by atoms with E-state index >= 15 is 0 Å². The van der Waals surface area contributed by atoms with Crippen LogP contribution in [0, 0.1) is 6.92 Å². The molecule has 3 heterocycles. The van der Waals surface area contributed by atoms with Crippen molar-refractivity contribution in [3.05, 3.63) is 30.2 Å². The maximum atomic E-state index is 4.45. The van der Waals surface area contributed by atoms with E-state index < -0.39 is 0 Å². The van der Waals surface area contributed by atoms with Gasteiger partial charge in [-0.1, -0.05) is 55.4 Å². The molecule has 0 bridgehead atoms. The summed E-state index contributed by atoms with van der Waals surface area (Å²) in [6.07, 6.45) is 6.40. The maximum absolute atomic E-state index is 4.45. The first-order valence-electron chi connectivity index (χ1n) is 9.81. The van der Waals surface area contributed by atoms with Crippen molar-refractivity contribution in [2.24, 2.45) is 0 Å². The second kappa shape index (κ2) is 16.2. The summed E-state index contributed by atoms with van der Waals surface area (Å²) in [5, 5.41) is 1.23. The first-order valence-corrected chi connectivity index (χ1v) is 9.81. The summed E-state index contributed by atoms with van der Waals surface area (Å²) in [6.45, 7) is 20.3. The lowest BCUT2D eigenvalue weighted by Crippen LogP contribution is -2.18. The maximum Gasteiger partial charge on any atom is 0.0935 e. The molecule has 2 aromatic heterocycles. The van der Waals surface area contributed by atoms with E-state index in [0.29, 0.717) is 0 Å². The second-order valence-electron chi connectivity index (χ2n) is 4.32. The van der Waals surface area contributed by atoms with Gasteiger partial charge < -0.3 is 4.90 Å². The predicted molar refractivity (Wildman–Crippen MR) is 111 cm³/mol. The molecule has 0 unspecified atom stereocenters. The van der Waals surface area contributed by atoms with Crippen LogP contribution >= 0.6 is 0 Å². The van der Waals surface area contributed by atoms with E-state index in [2.05, 4.69) is 20.9 Å². The number of nitrogens with zero attached hydrogens (tertiary/aromatic N) is 3. The molecule has 138 valence electrons. The summed E-state index contributed by atoms with van der Waals surface area (Å²) in [5.74, 6) is 0. The Labute approximate surface area is 150 Å².